The lowest BCUT2D eigenvalue weighted by Crippen LogP contribution is -2.43. The van der Waals surface area contributed by atoms with Crippen molar-refractivity contribution in [3.8, 4) is 0 Å². The van der Waals surface area contributed by atoms with Crippen LogP contribution in [0.2, 0.25) is 0 Å². The van der Waals surface area contributed by atoms with Gasteiger partial charge in [-0.15, -0.1) is 10.2 Å². The Morgan fingerprint density at radius 2 is 2.25 bits per heavy atom. The molecule has 1 amide bonds. The van der Waals surface area contributed by atoms with Gasteiger partial charge in [-0.2, -0.15) is 11.3 Å². The van der Waals surface area contributed by atoms with Crippen LogP contribution in [0.4, 0.5) is 0 Å². The maximum atomic E-state index is 12.7. The van der Waals surface area contributed by atoms with Gasteiger partial charge in [0.15, 0.2) is 0 Å². The lowest BCUT2D eigenvalue weighted by molar-refractivity contribution is -0.0106. The Morgan fingerprint density at radius 1 is 1.40 bits per heavy atom. The van der Waals surface area contributed by atoms with Gasteiger partial charge in [-0.25, -0.2) is 0 Å². The number of ether oxygens (including phenoxy) is 1. The van der Waals surface area contributed by atoms with Gasteiger partial charge in [0, 0.05) is 18.8 Å². The van der Waals surface area contributed by atoms with Crippen molar-refractivity contribution in [2.24, 2.45) is 0 Å². The van der Waals surface area contributed by atoms with Crippen molar-refractivity contribution in [1.82, 2.24) is 15.1 Å². The zero-order valence-electron chi connectivity index (χ0n) is 11.3. The molecule has 2 aromatic rings. The first-order chi connectivity index (χ1) is 9.66. The largest absolute Gasteiger partial charge is 0.423 e. The molecule has 1 fully saturated rings. The first-order valence-corrected chi connectivity index (χ1v) is 7.32. The molecule has 3 rings (SSSR count). The van der Waals surface area contributed by atoms with Crippen molar-refractivity contribution < 1.29 is 13.9 Å². The van der Waals surface area contributed by atoms with E-state index in [1.165, 1.54) is 11.3 Å². The first kappa shape index (κ1) is 13.3. The molecule has 3 heterocycles. The number of carbonyl (C=O) groups is 1. The third-order valence-corrected chi connectivity index (χ3v) is 4.16. The third kappa shape index (κ3) is 2.34. The second-order valence-corrected chi connectivity index (χ2v) is 5.46. The van der Waals surface area contributed by atoms with Crippen LogP contribution >= 0.6 is 11.3 Å². The highest BCUT2D eigenvalue weighted by Gasteiger charge is 2.33. The fourth-order valence-corrected chi connectivity index (χ4v) is 3.05. The highest BCUT2D eigenvalue weighted by molar-refractivity contribution is 7.08. The van der Waals surface area contributed by atoms with E-state index in [0.717, 1.165) is 11.1 Å². The number of hydrogen-bond acceptors (Lipinski definition) is 6. The first-order valence-electron chi connectivity index (χ1n) is 6.38. The molecule has 106 valence electrons. The second kappa shape index (κ2) is 5.34. The van der Waals surface area contributed by atoms with Crippen molar-refractivity contribution >= 4 is 17.2 Å². The molecule has 6 nitrogen and oxygen atoms in total. The number of aryl methyl sites for hydroxylation is 2. The average Bonchev–Trinajstić information content (AvgIpc) is 3.07. The summed E-state index contributed by atoms with van der Waals surface area (Å²) in [4.78, 5) is 14.4. The number of carbonyl (C=O) groups excluding carboxylic acids is 1. The second-order valence-electron chi connectivity index (χ2n) is 4.72. The molecule has 0 saturated carbocycles. The Kier molecular flexibility index (Phi) is 3.54. The van der Waals surface area contributed by atoms with Gasteiger partial charge in [-0.3, -0.25) is 4.79 Å². The molecular formula is C13H15N3O3S. The molecule has 1 atom stereocenters. The Bertz CT molecular complexity index is 622. The van der Waals surface area contributed by atoms with Crippen LogP contribution in [0.3, 0.4) is 0 Å². The topological polar surface area (TPSA) is 68.5 Å². The van der Waals surface area contributed by atoms with E-state index in [-0.39, 0.29) is 11.9 Å². The van der Waals surface area contributed by atoms with Crippen molar-refractivity contribution in [2.45, 2.75) is 19.9 Å². The van der Waals surface area contributed by atoms with Gasteiger partial charge in [-0.05, 0) is 17.9 Å². The molecule has 0 spiro atoms. The summed E-state index contributed by atoms with van der Waals surface area (Å²) in [5, 5.41) is 11.7. The van der Waals surface area contributed by atoms with Crippen LogP contribution in [0.5, 0.6) is 0 Å². The van der Waals surface area contributed by atoms with E-state index in [2.05, 4.69) is 10.2 Å². The fraction of sp³-hybridized carbons (Fsp3) is 0.462. The van der Waals surface area contributed by atoms with Crippen LogP contribution in [0, 0.1) is 13.8 Å². The monoisotopic (exact) mass is 293 g/mol. The van der Waals surface area contributed by atoms with E-state index in [1.807, 2.05) is 17.7 Å². The van der Waals surface area contributed by atoms with E-state index in [1.54, 1.807) is 11.8 Å². The van der Waals surface area contributed by atoms with Crippen molar-refractivity contribution in [2.75, 3.05) is 19.8 Å². The zero-order valence-corrected chi connectivity index (χ0v) is 12.1. The third-order valence-electron chi connectivity index (χ3n) is 3.30. The van der Waals surface area contributed by atoms with Gasteiger partial charge in [0.25, 0.3) is 5.91 Å². The summed E-state index contributed by atoms with van der Waals surface area (Å²) in [5.74, 6) is 0.918. The summed E-state index contributed by atoms with van der Waals surface area (Å²) in [6.45, 7) is 5.11. The normalized spacial score (nSPS) is 19.3. The predicted molar refractivity (Wildman–Crippen MR) is 72.7 cm³/mol. The molecular weight excluding hydrogens is 278 g/mol. The molecule has 0 bridgehead atoms. The Hall–Kier alpha value is -1.73. The van der Waals surface area contributed by atoms with E-state index < -0.39 is 0 Å². The maximum Gasteiger partial charge on any atom is 0.255 e. The summed E-state index contributed by atoms with van der Waals surface area (Å²) in [6, 6.07) is -0.309. The zero-order chi connectivity index (χ0) is 14.1. The minimum Gasteiger partial charge on any atom is -0.423 e. The van der Waals surface area contributed by atoms with Gasteiger partial charge in [0.1, 0.15) is 6.04 Å². The molecule has 0 unspecified atom stereocenters. The molecule has 0 N–H and O–H groups in total. The number of nitrogens with zero attached hydrogens (tertiary/aromatic N) is 3. The van der Waals surface area contributed by atoms with Gasteiger partial charge < -0.3 is 14.1 Å². The molecule has 1 aliphatic heterocycles. The number of thiophene rings is 1. The Labute approximate surface area is 120 Å². The summed E-state index contributed by atoms with van der Waals surface area (Å²) in [7, 11) is 0. The van der Waals surface area contributed by atoms with Gasteiger partial charge in [-0.1, -0.05) is 0 Å². The van der Waals surface area contributed by atoms with E-state index in [4.69, 9.17) is 9.15 Å². The minimum absolute atomic E-state index is 0.00657. The Morgan fingerprint density at radius 3 is 2.90 bits per heavy atom. The summed E-state index contributed by atoms with van der Waals surface area (Å²) in [5.41, 5.74) is 1.73. The van der Waals surface area contributed by atoms with Crippen molar-refractivity contribution in [1.29, 1.82) is 0 Å². The standard InChI is InChI=1S/C13H15N3O3S/c1-8-6-20-7-10(8)13(17)16-3-4-18-5-11(16)12-15-14-9(2)19-12/h6-7,11H,3-5H2,1-2H3/t11-/m1/s1. The number of rotatable bonds is 2. The van der Waals surface area contributed by atoms with E-state index in [9.17, 15) is 4.79 Å². The smallest absolute Gasteiger partial charge is 0.255 e. The average molecular weight is 293 g/mol. The Balaban J connectivity index is 1.89. The van der Waals surface area contributed by atoms with Gasteiger partial charge >= 0.3 is 0 Å². The highest BCUT2D eigenvalue weighted by atomic mass is 32.1. The minimum atomic E-state index is -0.309. The molecule has 1 aliphatic rings. The molecule has 0 radical (unpaired) electrons. The quantitative estimate of drug-likeness (QED) is 0.846. The highest BCUT2D eigenvalue weighted by Crippen LogP contribution is 2.26. The number of hydrogen-bond donors (Lipinski definition) is 0. The molecule has 7 heteroatoms. The fourth-order valence-electron chi connectivity index (χ4n) is 2.23. The molecule has 20 heavy (non-hydrogen) atoms. The molecule has 2 aromatic heterocycles. The van der Waals surface area contributed by atoms with Crippen LogP contribution in [-0.4, -0.2) is 40.8 Å². The molecule has 0 aliphatic carbocycles. The van der Waals surface area contributed by atoms with E-state index in [0.29, 0.717) is 31.5 Å². The molecule has 0 aromatic carbocycles. The van der Waals surface area contributed by atoms with Crippen LogP contribution < -0.4 is 0 Å². The number of amides is 1. The van der Waals surface area contributed by atoms with Crippen molar-refractivity contribution in [3.05, 3.63) is 33.7 Å². The SMILES string of the molecule is Cc1nnc([C@H]2COCCN2C(=O)c2cscc2C)o1. The summed E-state index contributed by atoms with van der Waals surface area (Å²) < 4.78 is 10.9. The predicted octanol–water partition coefficient (Wildman–Crippen LogP) is 1.96. The maximum absolute atomic E-state index is 12.7. The molecule has 1 saturated heterocycles. The van der Waals surface area contributed by atoms with Crippen LogP contribution in [-0.2, 0) is 4.74 Å². The van der Waals surface area contributed by atoms with Gasteiger partial charge in [0.05, 0.1) is 18.8 Å². The van der Waals surface area contributed by atoms with Crippen LogP contribution in [0.1, 0.15) is 33.7 Å². The number of morpholine rings is 1. The van der Waals surface area contributed by atoms with Crippen molar-refractivity contribution in [3.63, 3.8) is 0 Å². The lowest BCUT2D eigenvalue weighted by atomic mass is 10.1. The van der Waals surface area contributed by atoms with Gasteiger partial charge in [0.2, 0.25) is 11.8 Å². The van der Waals surface area contributed by atoms with Crippen LogP contribution in [0.25, 0.3) is 0 Å². The van der Waals surface area contributed by atoms with E-state index >= 15 is 0 Å². The van der Waals surface area contributed by atoms with Crippen LogP contribution in [0.15, 0.2) is 15.2 Å². The summed E-state index contributed by atoms with van der Waals surface area (Å²) in [6.07, 6.45) is 0. The summed E-state index contributed by atoms with van der Waals surface area (Å²) >= 11 is 1.53. The number of aromatic nitrogens is 2. The lowest BCUT2D eigenvalue weighted by Gasteiger charge is -2.33.